The molecule has 156 valence electrons. The lowest BCUT2D eigenvalue weighted by atomic mass is 10.0. The summed E-state index contributed by atoms with van der Waals surface area (Å²) >= 11 is 0. The zero-order chi connectivity index (χ0) is 20.6. The van der Waals surface area contributed by atoms with E-state index >= 15 is 0 Å². The Morgan fingerprint density at radius 2 is 1.76 bits per heavy atom. The van der Waals surface area contributed by atoms with Crippen LogP contribution in [0.3, 0.4) is 0 Å². The van der Waals surface area contributed by atoms with Crippen molar-refractivity contribution in [1.29, 1.82) is 0 Å². The van der Waals surface area contributed by atoms with E-state index < -0.39 is 0 Å². The molecule has 2 aromatic rings. The Bertz CT molecular complexity index is 801. The number of hydrogen-bond donors (Lipinski definition) is 1. The van der Waals surface area contributed by atoms with Gasteiger partial charge in [-0.3, -0.25) is 9.69 Å². The molecule has 0 bridgehead atoms. The number of methoxy groups -OCH3 is 2. The molecule has 0 saturated carbocycles. The number of carbonyl (C=O) groups excluding carboxylic acids is 1. The zero-order valence-electron chi connectivity index (χ0n) is 17.4. The Labute approximate surface area is 172 Å². The van der Waals surface area contributed by atoms with E-state index in [0.29, 0.717) is 24.5 Å². The normalized spacial score (nSPS) is 15.6. The first-order valence-corrected chi connectivity index (χ1v) is 9.96. The fourth-order valence-electron chi connectivity index (χ4n) is 3.58. The van der Waals surface area contributed by atoms with Crippen molar-refractivity contribution in [2.45, 2.75) is 19.4 Å². The van der Waals surface area contributed by atoms with E-state index in [1.54, 1.807) is 14.2 Å². The Morgan fingerprint density at radius 3 is 2.41 bits per heavy atom. The van der Waals surface area contributed by atoms with Gasteiger partial charge in [-0.1, -0.05) is 35.9 Å². The first-order valence-electron chi connectivity index (χ1n) is 9.96. The van der Waals surface area contributed by atoms with Gasteiger partial charge in [-0.15, -0.1) is 0 Å². The minimum Gasteiger partial charge on any atom is -0.493 e. The molecule has 1 atom stereocenters. The summed E-state index contributed by atoms with van der Waals surface area (Å²) in [7, 11) is 3.19. The lowest BCUT2D eigenvalue weighted by molar-refractivity contribution is -0.120. The van der Waals surface area contributed by atoms with Gasteiger partial charge in [0.1, 0.15) is 0 Å². The Kier molecular flexibility index (Phi) is 7.49. The molecule has 1 N–H and O–H groups in total. The smallest absolute Gasteiger partial charge is 0.224 e. The van der Waals surface area contributed by atoms with Gasteiger partial charge in [-0.2, -0.15) is 0 Å². The molecule has 0 aliphatic carbocycles. The number of carbonyl (C=O) groups is 1. The van der Waals surface area contributed by atoms with Crippen LogP contribution in [0.4, 0.5) is 0 Å². The number of nitrogens with one attached hydrogen (secondary N) is 1. The van der Waals surface area contributed by atoms with Crippen LogP contribution < -0.4 is 14.8 Å². The Balaban J connectivity index is 1.65. The predicted molar refractivity (Wildman–Crippen MR) is 113 cm³/mol. The van der Waals surface area contributed by atoms with Gasteiger partial charge in [-0.05, 0) is 30.2 Å². The molecule has 0 aromatic heterocycles. The number of morpholine rings is 1. The van der Waals surface area contributed by atoms with Crippen molar-refractivity contribution in [1.82, 2.24) is 10.2 Å². The molecular weight excluding hydrogens is 368 g/mol. The fraction of sp³-hybridized carbons (Fsp3) is 0.435. The monoisotopic (exact) mass is 398 g/mol. The Morgan fingerprint density at radius 1 is 1.07 bits per heavy atom. The van der Waals surface area contributed by atoms with Crippen LogP contribution >= 0.6 is 0 Å². The molecule has 1 amide bonds. The minimum absolute atomic E-state index is 0.0115. The summed E-state index contributed by atoms with van der Waals surface area (Å²) in [6.07, 6.45) is 0.296. The third-order valence-corrected chi connectivity index (χ3v) is 5.25. The lowest BCUT2D eigenvalue weighted by Gasteiger charge is -2.35. The van der Waals surface area contributed by atoms with Gasteiger partial charge < -0.3 is 19.5 Å². The molecule has 1 aliphatic rings. The number of benzene rings is 2. The zero-order valence-corrected chi connectivity index (χ0v) is 17.4. The van der Waals surface area contributed by atoms with Crippen molar-refractivity contribution < 1.29 is 19.0 Å². The molecule has 1 aliphatic heterocycles. The number of nitrogens with zero attached hydrogens (tertiary/aromatic N) is 1. The van der Waals surface area contributed by atoms with Crippen LogP contribution in [-0.4, -0.2) is 57.9 Å². The number of ether oxygens (including phenoxy) is 3. The topological polar surface area (TPSA) is 60.0 Å². The van der Waals surface area contributed by atoms with E-state index in [2.05, 4.69) is 41.4 Å². The predicted octanol–water partition coefficient (Wildman–Crippen LogP) is 2.74. The highest BCUT2D eigenvalue weighted by Gasteiger charge is 2.23. The first kappa shape index (κ1) is 21.1. The van der Waals surface area contributed by atoms with E-state index in [4.69, 9.17) is 14.2 Å². The summed E-state index contributed by atoms with van der Waals surface area (Å²) in [5, 5.41) is 3.11. The number of amides is 1. The molecule has 1 saturated heterocycles. The molecule has 1 heterocycles. The van der Waals surface area contributed by atoms with Crippen LogP contribution in [0.5, 0.6) is 11.5 Å². The van der Waals surface area contributed by atoms with Crippen molar-refractivity contribution in [2.75, 3.05) is 47.1 Å². The third-order valence-electron chi connectivity index (χ3n) is 5.25. The molecule has 6 heteroatoms. The van der Waals surface area contributed by atoms with E-state index in [-0.39, 0.29) is 11.9 Å². The van der Waals surface area contributed by atoms with Crippen LogP contribution in [0.25, 0.3) is 0 Å². The molecule has 0 radical (unpaired) electrons. The fourth-order valence-corrected chi connectivity index (χ4v) is 3.58. The molecular formula is C23H30N2O4. The van der Waals surface area contributed by atoms with Crippen molar-refractivity contribution >= 4 is 5.91 Å². The second-order valence-electron chi connectivity index (χ2n) is 7.25. The average Bonchev–Trinajstić information content (AvgIpc) is 2.75. The minimum atomic E-state index is -0.0115. The summed E-state index contributed by atoms with van der Waals surface area (Å²) in [5.41, 5.74) is 3.33. The van der Waals surface area contributed by atoms with Crippen LogP contribution in [0.1, 0.15) is 22.7 Å². The van der Waals surface area contributed by atoms with Crippen LogP contribution in [0.2, 0.25) is 0 Å². The summed E-state index contributed by atoms with van der Waals surface area (Å²) in [6, 6.07) is 14.2. The number of aryl methyl sites for hydroxylation is 1. The second kappa shape index (κ2) is 10.3. The molecule has 1 unspecified atom stereocenters. The van der Waals surface area contributed by atoms with Crippen LogP contribution in [0.15, 0.2) is 42.5 Å². The highest BCUT2D eigenvalue weighted by atomic mass is 16.5. The number of rotatable bonds is 8. The maximum atomic E-state index is 12.6. The maximum Gasteiger partial charge on any atom is 0.224 e. The average molecular weight is 399 g/mol. The van der Waals surface area contributed by atoms with Crippen molar-refractivity contribution in [3.63, 3.8) is 0 Å². The van der Waals surface area contributed by atoms with Crippen molar-refractivity contribution in [3.8, 4) is 11.5 Å². The van der Waals surface area contributed by atoms with E-state index in [1.807, 2.05) is 18.2 Å². The highest BCUT2D eigenvalue weighted by molar-refractivity contribution is 5.78. The van der Waals surface area contributed by atoms with Crippen molar-refractivity contribution in [3.05, 3.63) is 59.2 Å². The van der Waals surface area contributed by atoms with E-state index in [0.717, 1.165) is 31.9 Å². The lowest BCUT2D eigenvalue weighted by Crippen LogP contribution is -2.44. The summed E-state index contributed by atoms with van der Waals surface area (Å²) < 4.78 is 16.1. The van der Waals surface area contributed by atoms with Crippen molar-refractivity contribution in [2.24, 2.45) is 0 Å². The van der Waals surface area contributed by atoms with Crippen LogP contribution in [0, 0.1) is 6.92 Å². The summed E-state index contributed by atoms with van der Waals surface area (Å²) in [6.45, 7) is 5.83. The largest absolute Gasteiger partial charge is 0.493 e. The second-order valence-corrected chi connectivity index (χ2v) is 7.25. The van der Waals surface area contributed by atoms with Gasteiger partial charge in [0.05, 0.1) is 39.9 Å². The molecule has 6 nitrogen and oxygen atoms in total. The molecule has 3 rings (SSSR count). The van der Waals surface area contributed by atoms with Gasteiger partial charge in [0.2, 0.25) is 5.91 Å². The van der Waals surface area contributed by atoms with E-state index in [9.17, 15) is 4.79 Å². The molecule has 1 fully saturated rings. The quantitative estimate of drug-likeness (QED) is 0.741. The van der Waals surface area contributed by atoms with Gasteiger partial charge in [-0.25, -0.2) is 0 Å². The molecule has 0 spiro atoms. The van der Waals surface area contributed by atoms with E-state index in [1.165, 1.54) is 11.1 Å². The highest BCUT2D eigenvalue weighted by Crippen LogP contribution is 2.28. The SMILES string of the molecule is COc1ccc(CC(=O)NCC(c2ccc(C)cc2)N2CCOCC2)cc1OC. The molecule has 29 heavy (non-hydrogen) atoms. The molecule has 2 aromatic carbocycles. The van der Waals surface area contributed by atoms with Gasteiger partial charge in [0, 0.05) is 19.6 Å². The Hall–Kier alpha value is -2.57. The first-order chi connectivity index (χ1) is 14.1. The number of hydrogen-bond acceptors (Lipinski definition) is 5. The summed E-state index contributed by atoms with van der Waals surface area (Å²) in [5.74, 6) is 1.27. The van der Waals surface area contributed by atoms with Crippen LogP contribution in [-0.2, 0) is 16.0 Å². The van der Waals surface area contributed by atoms with Gasteiger partial charge in [0.15, 0.2) is 11.5 Å². The third kappa shape index (κ3) is 5.71. The standard InChI is InChI=1S/C23H30N2O4/c1-17-4-7-19(8-5-17)20(25-10-12-29-13-11-25)16-24-23(26)15-18-6-9-21(27-2)22(14-18)28-3/h4-9,14,20H,10-13,15-16H2,1-3H3,(H,24,26). The maximum absolute atomic E-state index is 12.6. The van der Waals surface area contributed by atoms with Gasteiger partial charge in [0.25, 0.3) is 0 Å². The summed E-state index contributed by atoms with van der Waals surface area (Å²) in [4.78, 5) is 15.0. The van der Waals surface area contributed by atoms with Gasteiger partial charge >= 0.3 is 0 Å².